The van der Waals surface area contributed by atoms with Crippen LogP contribution in [0.25, 0.3) is 0 Å². The number of benzene rings is 2. The molecule has 168 valence electrons. The predicted molar refractivity (Wildman–Crippen MR) is 129 cm³/mol. The van der Waals surface area contributed by atoms with Gasteiger partial charge < -0.3 is 15.5 Å². The van der Waals surface area contributed by atoms with Crippen LogP contribution < -0.4 is 15.5 Å². The van der Waals surface area contributed by atoms with E-state index in [1.54, 1.807) is 12.1 Å². The van der Waals surface area contributed by atoms with Crippen molar-refractivity contribution in [3.8, 4) is 6.07 Å². The zero-order valence-corrected chi connectivity index (χ0v) is 18.8. The van der Waals surface area contributed by atoms with Gasteiger partial charge in [0.1, 0.15) is 5.82 Å². The Morgan fingerprint density at radius 2 is 2.00 bits per heavy atom. The Labute approximate surface area is 194 Å². The summed E-state index contributed by atoms with van der Waals surface area (Å²) in [5.74, 6) is 1.41. The summed E-state index contributed by atoms with van der Waals surface area (Å²) in [6, 6.07) is 21.3. The summed E-state index contributed by atoms with van der Waals surface area (Å²) in [4.78, 5) is 24.1. The molecule has 1 fully saturated rings. The number of hydrogen-bond acceptors (Lipinski definition) is 6. The molecular weight excluding hydrogens is 412 g/mol. The van der Waals surface area contributed by atoms with Crippen molar-refractivity contribution in [2.45, 2.75) is 38.6 Å². The number of anilines is 3. The normalized spacial score (nSPS) is 15.2. The molecule has 2 heterocycles. The number of nitrogens with one attached hydrogen (secondary N) is 2. The highest BCUT2D eigenvalue weighted by molar-refractivity contribution is 5.79. The molecular formula is C26H28N6O. The van der Waals surface area contributed by atoms with Gasteiger partial charge in [0, 0.05) is 36.6 Å². The van der Waals surface area contributed by atoms with Crippen molar-refractivity contribution in [3.05, 3.63) is 77.5 Å². The molecule has 0 spiro atoms. The number of nitrogens with zero attached hydrogens (tertiary/aromatic N) is 4. The number of carbonyl (C=O) groups is 1. The standard InChI is InChI=1S/C26H28N6O/c1-2-7-21-16-24(31-26(29-21)30-22-11-6-10-20(14-22)17-27)32-13-12-23(18-32)28-25(33)15-19-8-4-3-5-9-19/h3-6,8-11,14,16,23H,2,7,12-13,15,18H2,1H3,(H,28,33)(H,29,30,31)/t23-/m0/s1. The van der Waals surface area contributed by atoms with Gasteiger partial charge in [0.25, 0.3) is 0 Å². The lowest BCUT2D eigenvalue weighted by Crippen LogP contribution is -2.38. The van der Waals surface area contributed by atoms with Crippen molar-refractivity contribution in [1.82, 2.24) is 15.3 Å². The molecule has 0 radical (unpaired) electrons. The van der Waals surface area contributed by atoms with Crippen LogP contribution in [-0.4, -0.2) is 35.0 Å². The molecule has 0 bridgehead atoms. The third-order valence-electron chi connectivity index (χ3n) is 5.60. The lowest BCUT2D eigenvalue weighted by molar-refractivity contribution is -0.121. The SMILES string of the molecule is CCCc1cc(N2CC[C@H](NC(=O)Cc3ccccc3)C2)nc(Nc2cccc(C#N)c2)n1. The van der Waals surface area contributed by atoms with Crippen LogP contribution >= 0.6 is 0 Å². The Kier molecular flexibility index (Phi) is 7.16. The second kappa shape index (κ2) is 10.6. The molecule has 3 aromatic rings. The van der Waals surface area contributed by atoms with Gasteiger partial charge in [-0.05, 0) is 36.6 Å². The highest BCUT2D eigenvalue weighted by Crippen LogP contribution is 2.23. The van der Waals surface area contributed by atoms with Gasteiger partial charge >= 0.3 is 0 Å². The first kappa shape index (κ1) is 22.3. The summed E-state index contributed by atoms with van der Waals surface area (Å²) < 4.78 is 0. The summed E-state index contributed by atoms with van der Waals surface area (Å²) in [7, 11) is 0. The molecule has 0 saturated carbocycles. The van der Waals surface area contributed by atoms with E-state index >= 15 is 0 Å². The van der Waals surface area contributed by atoms with Gasteiger partial charge in [-0.25, -0.2) is 4.98 Å². The minimum atomic E-state index is 0.0436. The molecule has 2 aromatic carbocycles. The Morgan fingerprint density at radius 3 is 2.79 bits per heavy atom. The van der Waals surface area contributed by atoms with Gasteiger partial charge in [0.15, 0.2) is 0 Å². The quantitative estimate of drug-likeness (QED) is 0.550. The highest BCUT2D eigenvalue weighted by atomic mass is 16.1. The summed E-state index contributed by atoms with van der Waals surface area (Å²) in [6.45, 7) is 3.66. The number of nitriles is 1. The molecule has 7 nitrogen and oxygen atoms in total. The molecule has 0 unspecified atom stereocenters. The molecule has 1 aromatic heterocycles. The smallest absolute Gasteiger partial charge is 0.229 e. The average Bonchev–Trinajstić information content (AvgIpc) is 3.28. The van der Waals surface area contributed by atoms with Gasteiger partial charge in [0.05, 0.1) is 18.1 Å². The molecule has 1 aliphatic rings. The largest absolute Gasteiger partial charge is 0.354 e. The molecule has 1 saturated heterocycles. The molecule has 4 rings (SSSR count). The number of carbonyl (C=O) groups excluding carboxylic acids is 1. The van der Waals surface area contributed by atoms with Crippen LogP contribution in [0.4, 0.5) is 17.5 Å². The Balaban J connectivity index is 1.44. The van der Waals surface area contributed by atoms with Gasteiger partial charge in [-0.15, -0.1) is 0 Å². The van der Waals surface area contributed by atoms with E-state index in [0.717, 1.165) is 48.6 Å². The lowest BCUT2D eigenvalue weighted by Gasteiger charge is -2.20. The minimum Gasteiger partial charge on any atom is -0.354 e. The molecule has 7 heteroatoms. The fourth-order valence-corrected chi connectivity index (χ4v) is 4.03. The van der Waals surface area contributed by atoms with E-state index in [1.807, 2.05) is 48.5 Å². The van der Waals surface area contributed by atoms with E-state index in [2.05, 4.69) is 33.5 Å². The number of rotatable bonds is 8. The van der Waals surface area contributed by atoms with Crippen LogP contribution in [0, 0.1) is 11.3 Å². The fourth-order valence-electron chi connectivity index (χ4n) is 4.03. The third-order valence-corrected chi connectivity index (χ3v) is 5.60. The lowest BCUT2D eigenvalue weighted by atomic mass is 10.1. The number of aromatic nitrogens is 2. The van der Waals surface area contributed by atoms with Gasteiger partial charge in [-0.3, -0.25) is 4.79 Å². The fraction of sp³-hybridized carbons (Fsp3) is 0.308. The topological polar surface area (TPSA) is 93.9 Å². The molecule has 1 aliphatic heterocycles. The van der Waals surface area contributed by atoms with Crippen molar-refractivity contribution in [2.75, 3.05) is 23.3 Å². The second-order valence-corrected chi connectivity index (χ2v) is 8.27. The van der Waals surface area contributed by atoms with Gasteiger partial charge in [-0.2, -0.15) is 10.2 Å². The van der Waals surface area contributed by atoms with Crippen LogP contribution in [-0.2, 0) is 17.6 Å². The molecule has 1 atom stereocenters. The third kappa shape index (κ3) is 6.07. The molecule has 1 amide bonds. The van der Waals surface area contributed by atoms with Gasteiger partial charge in [0.2, 0.25) is 11.9 Å². The van der Waals surface area contributed by atoms with Crippen molar-refractivity contribution in [3.63, 3.8) is 0 Å². The zero-order valence-electron chi connectivity index (χ0n) is 18.8. The molecule has 2 N–H and O–H groups in total. The second-order valence-electron chi connectivity index (χ2n) is 8.27. The van der Waals surface area contributed by atoms with Crippen LogP contribution in [0.15, 0.2) is 60.7 Å². The molecule has 33 heavy (non-hydrogen) atoms. The van der Waals surface area contributed by atoms with Crippen molar-refractivity contribution in [2.24, 2.45) is 0 Å². The zero-order chi connectivity index (χ0) is 23.0. The van der Waals surface area contributed by atoms with Crippen molar-refractivity contribution < 1.29 is 4.79 Å². The summed E-state index contributed by atoms with van der Waals surface area (Å²) >= 11 is 0. The number of amides is 1. The Bertz CT molecular complexity index is 1140. The van der Waals surface area contributed by atoms with Crippen molar-refractivity contribution >= 4 is 23.4 Å². The number of hydrogen-bond donors (Lipinski definition) is 2. The van der Waals surface area contributed by atoms with E-state index in [4.69, 9.17) is 10.2 Å². The maximum Gasteiger partial charge on any atom is 0.229 e. The van der Waals surface area contributed by atoms with E-state index in [9.17, 15) is 4.79 Å². The summed E-state index contributed by atoms with van der Waals surface area (Å²) in [5.41, 5.74) is 3.35. The first-order valence-corrected chi connectivity index (χ1v) is 11.4. The first-order chi connectivity index (χ1) is 16.1. The van der Waals surface area contributed by atoms with Crippen LogP contribution in [0.2, 0.25) is 0 Å². The highest BCUT2D eigenvalue weighted by Gasteiger charge is 2.25. The van der Waals surface area contributed by atoms with E-state index in [1.165, 1.54) is 0 Å². The maximum atomic E-state index is 12.5. The average molecular weight is 441 g/mol. The van der Waals surface area contributed by atoms with Crippen LogP contribution in [0.1, 0.15) is 36.6 Å². The monoisotopic (exact) mass is 440 g/mol. The number of aryl methyl sites for hydroxylation is 1. The van der Waals surface area contributed by atoms with E-state index < -0.39 is 0 Å². The summed E-state index contributed by atoms with van der Waals surface area (Å²) in [6.07, 6.45) is 3.10. The maximum absolute atomic E-state index is 12.5. The van der Waals surface area contributed by atoms with Gasteiger partial charge in [-0.1, -0.05) is 49.7 Å². The van der Waals surface area contributed by atoms with E-state index in [-0.39, 0.29) is 11.9 Å². The molecule has 0 aliphatic carbocycles. The predicted octanol–water partition coefficient (Wildman–Crippen LogP) is 3.98. The van der Waals surface area contributed by atoms with Crippen molar-refractivity contribution in [1.29, 1.82) is 5.26 Å². The first-order valence-electron chi connectivity index (χ1n) is 11.4. The Morgan fingerprint density at radius 1 is 1.15 bits per heavy atom. The van der Waals surface area contributed by atoms with Crippen LogP contribution in [0.3, 0.4) is 0 Å². The minimum absolute atomic E-state index is 0.0436. The van der Waals surface area contributed by atoms with E-state index in [0.29, 0.717) is 24.5 Å². The Hall–Kier alpha value is -3.92. The summed E-state index contributed by atoms with van der Waals surface area (Å²) in [5, 5.41) is 15.6. The van der Waals surface area contributed by atoms with Crippen LogP contribution in [0.5, 0.6) is 0 Å².